The number of benzene rings is 1. The van der Waals surface area contributed by atoms with Gasteiger partial charge in [0.1, 0.15) is 5.75 Å². The van der Waals surface area contributed by atoms with Crippen LogP contribution < -0.4 is 11.1 Å². The van der Waals surface area contributed by atoms with Crippen molar-refractivity contribution in [3.05, 3.63) is 23.8 Å². The van der Waals surface area contributed by atoms with Crippen molar-refractivity contribution in [1.82, 2.24) is 10.2 Å². The molecule has 6 heteroatoms. The van der Waals surface area contributed by atoms with Gasteiger partial charge in [0, 0.05) is 18.8 Å². The Morgan fingerprint density at radius 3 is 2.65 bits per heavy atom. The zero-order valence-corrected chi connectivity index (χ0v) is 11.3. The second-order valence-corrected chi connectivity index (χ2v) is 4.90. The third-order valence-corrected chi connectivity index (χ3v) is 3.39. The number of carbonyl (C=O) groups excluding carboxylic acids is 2. The van der Waals surface area contributed by atoms with Crippen LogP contribution in [0.3, 0.4) is 0 Å². The minimum atomic E-state index is -0.455. The monoisotopic (exact) mass is 277 g/mol. The molecule has 4 N–H and O–H groups in total. The molecule has 1 aliphatic rings. The van der Waals surface area contributed by atoms with E-state index in [2.05, 4.69) is 5.32 Å². The van der Waals surface area contributed by atoms with E-state index in [0.29, 0.717) is 0 Å². The Kier molecular flexibility index (Phi) is 4.45. The Balaban J connectivity index is 1.91. The molecule has 0 aliphatic carbocycles. The number of nitrogen functional groups attached to an aromatic ring is 1. The van der Waals surface area contributed by atoms with Gasteiger partial charge in [-0.2, -0.15) is 0 Å². The van der Waals surface area contributed by atoms with E-state index in [1.54, 1.807) is 4.90 Å². The number of hydrogen-bond acceptors (Lipinski definition) is 4. The first-order valence-electron chi connectivity index (χ1n) is 6.72. The summed E-state index contributed by atoms with van der Waals surface area (Å²) in [5.74, 6) is -0.577. The van der Waals surface area contributed by atoms with Crippen LogP contribution in [0.1, 0.15) is 29.6 Å². The molecule has 1 aliphatic heterocycles. The number of phenols is 1. The van der Waals surface area contributed by atoms with Crippen LogP contribution in [0.2, 0.25) is 0 Å². The van der Waals surface area contributed by atoms with Gasteiger partial charge in [-0.05, 0) is 37.5 Å². The first kappa shape index (κ1) is 14.2. The molecule has 108 valence electrons. The molecule has 20 heavy (non-hydrogen) atoms. The summed E-state index contributed by atoms with van der Waals surface area (Å²) in [5.41, 5.74) is 6.12. The van der Waals surface area contributed by atoms with Crippen LogP contribution in [-0.4, -0.2) is 41.5 Å². The maximum absolute atomic E-state index is 11.9. The number of phenolic OH excluding ortho intramolecular Hbond substituents is 1. The Bertz CT molecular complexity index is 510. The van der Waals surface area contributed by atoms with Gasteiger partial charge >= 0.3 is 0 Å². The minimum absolute atomic E-state index is 0.0355. The van der Waals surface area contributed by atoms with E-state index in [1.807, 2.05) is 0 Å². The highest BCUT2D eigenvalue weighted by molar-refractivity contribution is 6.01. The molecule has 0 saturated carbocycles. The molecule has 1 aromatic carbocycles. The molecule has 0 bridgehead atoms. The Labute approximate surface area is 117 Å². The topological polar surface area (TPSA) is 95.7 Å². The molecule has 1 saturated heterocycles. The number of carbonyl (C=O) groups is 2. The standard InChI is InChI=1S/C14H19N3O3/c15-12-5-4-10(18)8-11(12)14(20)16-9-13(19)17-6-2-1-3-7-17/h4-5,8,18H,1-3,6-7,9,15H2,(H,16,20). The summed E-state index contributed by atoms with van der Waals surface area (Å²) >= 11 is 0. The highest BCUT2D eigenvalue weighted by atomic mass is 16.3. The molecule has 1 aromatic rings. The Hall–Kier alpha value is -2.24. The number of rotatable bonds is 3. The molecular weight excluding hydrogens is 258 g/mol. The quantitative estimate of drug-likeness (QED) is 0.560. The Morgan fingerprint density at radius 2 is 1.95 bits per heavy atom. The molecule has 2 rings (SSSR count). The van der Waals surface area contributed by atoms with Gasteiger partial charge in [-0.1, -0.05) is 0 Å². The lowest BCUT2D eigenvalue weighted by Crippen LogP contribution is -2.42. The molecule has 0 radical (unpaired) electrons. The average Bonchev–Trinajstić information content (AvgIpc) is 2.47. The lowest BCUT2D eigenvalue weighted by Gasteiger charge is -2.26. The fraction of sp³-hybridized carbons (Fsp3) is 0.429. The second kappa shape index (κ2) is 6.27. The van der Waals surface area contributed by atoms with E-state index in [-0.39, 0.29) is 29.5 Å². The van der Waals surface area contributed by atoms with Crippen LogP contribution in [0.15, 0.2) is 18.2 Å². The molecule has 6 nitrogen and oxygen atoms in total. The number of nitrogens with two attached hydrogens (primary N) is 1. The highest BCUT2D eigenvalue weighted by Crippen LogP contribution is 2.18. The summed E-state index contributed by atoms with van der Waals surface area (Å²) in [5, 5.41) is 11.9. The number of nitrogens with zero attached hydrogens (tertiary/aromatic N) is 1. The van der Waals surface area contributed by atoms with Crippen molar-refractivity contribution in [2.75, 3.05) is 25.4 Å². The number of nitrogens with one attached hydrogen (secondary N) is 1. The van der Waals surface area contributed by atoms with Crippen LogP contribution >= 0.6 is 0 Å². The van der Waals surface area contributed by atoms with Gasteiger partial charge in [0.05, 0.1) is 12.1 Å². The molecule has 1 fully saturated rings. The first-order valence-corrected chi connectivity index (χ1v) is 6.72. The Morgan fingerprint density at radius 1 is 1.25 bits per heavy atom. The average molecular weight is 277 g/mol. The van der Waals surface area contributed by atoms with Crippen molar-refractivity contribution in [2.24, 2.45) is 0 Å². The molecule has 0 atom stereocenters. The zero-order chi connectivity index (χ0) is 14.5. The summed E-state index contributed by atoms with van der Waals surface area (Å²) in [6, 6.07) is 4.15. The van der Waals surface area contributed by atoms with Gasteiger partial charge < -0.3 is 21.1 Å². The SMILES string of the molecule is Nc1ccc(O)cc1C(=O)NCC(=O)N1CCCCC1. The maximum atomic E-state index is 11.9. The van der Waals surface area contributed by atoms with Crippen molar-refractivity contribution < 1.29 is 14.7 Å². The third kappa shape index (κ3) is 3.40. The molecule has 1 heterocycles. The van der Waals surface area contributed by atoms with Crippen LogP contribution in [0.5, 0.6) is 5.75 Å². The van der Waals surface area contributed by atoms with Crippen LogP contribution in [0.25, 0.3) is 0 Å². The van der Waals surface area contributed by atoms with Gasteiger partial charge in [0.2, 0.25) is 5.91 Å². The number of amides is 2. The lowest BCUT2D eigenvalue weighted by molar-refractivity contribution is -0.130. The summed E-state index contributed by atoms with van der Waals surface area (Å²) < 4.78 is 0. The predicted octanol–water partition coefficient (Wildman–Crippen LogP) is 0.717. The van der Waals surface area contributed by atoms with Crippen LogP contribution in [0.4, 0.5) is 5.69 Å². The number of hydrogen-bond donors (Lipinski definition) is 3. The molecular formula is C14H19N3O3. The van der Waals surface area contributed by atoms with Crippen molar-refractivity contribution in [2.45, 2.75) is 19.3 Å². The highest BCUT2D eigenvalue weighted by Gasteiger charge is 2.18. The maximum Gasteiger partial charge on any atom is 0.253 e. The largest absolute Gasteiger partial charge is 0.508 e. The number of anilines is 1. The van der Waals surface area contributed by atoms with E-state index >= 15 is 0 Å². The van der Waals surface area contributed by atoms with Crippen LogP contribution in [-0.2, 0) is 4.79 Å². The van der Waals surface area contributed by atoms with E-state index in [1.165, 1.54) is 18.2 Å². The number of aromatic hydroxyl groups is 1. The molecule has 0 aromatic heterocycles. The number of piperidine rings is 1. The second-order valence-electron chi connectivity index (χ2n) is 4.90. The van der Waals surface area contributed by atoms with Gasteiger partial charge in [0.25, 0.3) is 5.91 Å². The lowest BCUT2D eigenvalue weighted by atomic mass is 10.1. The van der Waals surface area contributed by atoms with Crippen molar-refractivity contribution in [3.63, 3.8) is 0 Å². The summed E-state index contributed by atoms with van der Waals surface area (Å²) in [6.45, 7) is 1.46. The fourth-order valence-corrected chi connectivity index (χ4v) is 2.25. The van der Waals surface area contributed by atoms with Crippen molar-refractivity contribution in [3.8, 4) is 5.75 Å². The molecule has 0 unspecified atom stereocenters. The van der Waals surface area contributed by atoms with E-state index in [9.17, 15) is 14.7 Å². The summed E-state index contributed by atoms with van der Waals surface area (Å²) in [7, 11) is 0. The van der Waals surface area contributed by atoms with Gasteiger partial charge in [-0.15, -0.1) is 0 Å². The van der Waals surface area contributed by atoms with Gasteiger partial charge in [-0.25, -0.2) is 0 Å². The predicted molar refractivity (Wildman–Crippen MR) is 75.3 cm³/mol. The normalized spacial score (nSPS) is 14.9. The first-order chi connectivity index (χ1) is 9.58. The van der Waals surface area contributed by atoms with E-state index in [4.69, 9.17) is 5.73 Å². The molecule has 0 spiro atoms. The fourth-order valence-electron chi connectivity index (χ4n) is 2.25. The minimum Gasteiger partial charge on any atom is -0.508 e. The zero-order valence-electron chi connectivity index (χ0n) is 11.3. The third-order valence-electron chi connectivity index (χ3n) is 3.39. The van der Waals surface area contributed by atoms with Crippen molar-refractivity contribution in [1.29, 1.82) is 0 Å². The van der Waals surface area contributed by atoms with Crippen molar-refractivity contribution >= 4 is 17.5 Å². The summed E-state index contributed by atoms with van der Waals surface area (Å²) in [4.78, 5) is 25.6. The summed E-state index contributed by atoms with van der Waals surface area (Å²) in [6.07, 6.45) is 3.17. The van der Waals surface area contributed by atoms with Gasteiger partial charge in [-0.3, -0.25) is 9.59 Å². The molecule has 2 amide bonds. The smallest absolute Gasteiger partial charge is 0.253 e. The van der Waals surface area contributed by atoms with Crippen LogP contribution in [0, 0.1) is 0 Å². The van der Waals surface area contributed by atoms with Gasteiger partial charge in [0.15, 0.2) is 0 Å². The number of likely N-dealkylation sites (tertiary alicyclic amines) is 1. The van der Waals surface area contributed by atoms with E-state index < -0.39 is 5.91 Å². The van der Waals surface area contributed by atoms with E-state index in [0.717, 1.165) is 32.4 Å².